The van der Waals surface area contributed by atoms with Gasteiger partial charge in [0.25, 0.3) is 5.56 Å². The second kappa shape index (κ2) is 5.09. The Morgan fingerprint density at radius 2 is 1.95 bits per heavy atom. The van der Waals surface area contributed by atoms with Gasteiger partial charge < -0.3 is 14.8 Å². The summed E-state index contributed by atoms with van der Waals surface area (Å²) in [6.45, 7) is 0.510. The molecule has 0 unspecified atom stereocenters. The number of carboxylic acid groups (broad SMARTS) is 1. The molecule has 21 heavy (non-hydrogen) atoms. The minimum atomic E-state index is -1.19. The topological polar surface area (TPSA) is 79.5 Å². The molecule has 0 saturated heterocycles. The normalized spacial score (nSPS) is 13.1. The third-order valence-electron chi connectivity index (χ3n) is 3.87. The summed E-state index contributed by atoms with van der Waals surface area (Å²) in [6, 6.07) is 9.24. The van der Waals surface area contributed by atoms with Crippen LogP contribution in [-0.2, 0) is 19.4 Å². The molecule has 1 aliphatic heterocycles. The van der Waals surface area contributed by atoms with E-state index >= 15 is 0 Å². The lowest BCUT2D eigenvalue weighted by atomic mass is 10.0. The molecule has 108 valence electrons. The number of hydrogen-bond donors (Lipinski definition) is 2. The van der Waals surface area contributed by atoms with E-state index in [0.29, 0.717) is 18.7 Å². The van der Waals surface area contributed by atoms with E-state index < -0.39 is 5.97 Å². The Kier molecular flexibility index (Phi) is 3.25. The zero-order valence-electron chi connectivity index (χ0n) is 11.4. The standard InChI is InChI=1S/C16H15NO4/c18-14-11(9-10-5-2-1-3-6-10)15(19)17-8-4-7-12(17)13(14)16(20)21/h1-3,5-6,18H,4,7-9H2,(H,20,21). The van der Waals surface area contributed by atoms with Crippen LogP contribution >= 0.6 is 0 Å². The molecule has 0 bridgehead atoms. The number of carboxylic acids is 1. The van der Waals surface area contributed by atoms with Gasteiger partial charge in [0.15, 0.2) is 0 Å². The van der Waals surface area contributed by atoms with Crippen molar-refractivity contribution in [2.24, 2.45) is 0 Å². The van der Waals surface area contributed by atoms with E-state index in [2.05, 4.69) is 0 Å². The Morgan fingerprint density at radius 1 is 1.24 bits per heavy atom. The number of aromatic nitrogens is 1. The van der Waals surface area contributed by atoms with Gasteiger partial charge in [-0.15, -0.1) is 0 Å². The number of aromatic carboxylic acids is 1. The van der Waals surface area contributed by atoms with E-state index in [1.807, 2.05) is 30.3 Å². The van der Waals surface area contributed by atoms with Gasteiger partial charge in [0.1, 0.15) is 11.3 Å². The maximum Gasteiger partial charge on any atom is 0.341 e. The van der Waals surface area contributed by atoms with E-state index in [9.17, 15) is 19.8 Å². The molecule has 0 atom stereocenters. The Labute approximate surface area is 121 Å². The van der Waals surface area contributed by atoms with Gasteiger partial charge in [-0.05, 0) is 18.4 Å². The van der Waals surface area contributed by atoms with E-state index in [0.717, 1.165) is 12.0 Å². The highest BCUT2D eigenvalue weighted by atomic mass is 16.4. The van der Waals surface area contributed by atoms with Crippen molar-refractivity contribution in [1.82, 2.24) is 4.57 Å². The van der Waals surface area contributed by atoms with Crippen molar-refractivity contribution in [2.45, 2.75) is 25.8 Å². The van der Waals surface area contributed by atoms with Crippen LogP contribution in [-0.4, -0.2) is 20.7 Å². The summed E-state index contributed by atoms with van der Waals surface area (Å²) >= 11 is 0. The van der Waals surface area contributed by atoms with Crippen molar-refractivity contribution in [2.75, 3.05) is 0 Å². The van der Waals surface area contributed by atoms with Crippen LogP contribution in [0.15, 0.2) is 35.1 Å². The lowest BCUT2D eigenvalue weighted by molar-refractivity contribution is 0.0691. The van der Waals surface area contributed by atoms with E-state index in [1.54, 1.807) is 0 Å². The molecule has 0 aliphatic carbocycles. The van der Waals surface area contributed by atoms with Gasteiger partial charge in [-0.25, -0.2) is 4.79 Å². The fourth-order valence-electron chi connectivity index (χ4n) is 2.89. The van der Waals surface area contributed by atoms with Crippen molar-refractivity contribution in [3.05, 3.63) is 63.1 Å². The highest BCUT2D eigenvalue weighted by Gasteiger charge is 2.27. The third kappa shape index (κ3) is 2.20. The zero-order chi connectivity index (χ0) is 15.0. The smallest absolute Gasteiger partial charge is 0.341 e. The fourth-order valence-corrected chi connectivity index (χ4v) is 2.89. The van der Waals surface area contributed by atoms with Crippen LogP contribution in [0.2, 0.25) is 0 Å². The summed E-state index contributed by atoms with van der Waals surface area (Å²) < 4.78 is 1.49. The van der Waals surface area contributed by atoms with Gasteiger partial charge >= 0.3 is 5.97 Å². The first kappa shape index (κ1) is 13.4. The molecule has 0 amide bonds. The van der Waals surface area contributed by atoms with Crippen LogP contribution in [0.4, 0.5) is 0 Å². The Hall–Kier alpha value is -2.56. The average Bonchev–Trinajstić information content (AvgIpc) is 2.93. The second-order valence-electron chi connectivity index (χ2n) is 5.18. The first-order valence-corrected chi connectivity index (χ1v) is 6.84. The van der Waals surface area contributed by atoms with E-state index in [-0.39, 0.29) is 28.9 Å². The second-order valence-corrected chi connectivity index (χ2v) is 5.18. The lowest BCUT2D eigenvalue weighted by Gasteiger charge is -2.13. The van der Waals surface area contributed by atoms with Gasteiger partial charge in [0, 0.05) is 18.7 Å². The highest BCUT2D eigenvalue weighted by Crippen LogP contribution is 2.29. The van der Waals surface area contributed by atoms with Crippen LogP contribution in [0.3, 0.4) is 0 Å². The number of fused-ring (bicyclic) bond motifs is 1. The molecule has 2 aromatic rings. The first-order valence-electron chi connectivity index (χ1n) is 6.84. The van der Waals surface area contributed by atoms with Crippen LogP contribution in [0.5, 0.6) is 5.75 Å². The van der Waals surface area contributed by atoms with Crippen molar-refractivity contribution in [3.63, 3.8) is 0 Å². The Bertz CT molecular complexity index is 762. The van der Waals surface area contributed by atoms with Gasteiger partial charge in [-0.2, -0.15) is 0 Å². The number of carbonyl (C=O) groups is 1. The Balaban J connectivity index is 2.19. The third-order valence-corrected chi connectivity index (χ3v) is 3.87. The van der Waals surface area contributed by atoms with Crippen LogP contribution in [0, 0.1) is 0 Å². The summed E-state index contributed by atoms with van der Waals surface area (Å²) in [7, 11) is 0. The number of pyridine rings is 1. The molecule has 1 aromatic carbocycles. The number of aromatic hydroxyl groups is 1. The number of nitrogens with zero attached hydrogens (tertiary/aromatic N) is 1. The van der Waals surface area contributed by atoms with Crippen molar-refractivity contribution in [3.8, 4) is 5.75 Å². The molecule has 3 rings (SSSR count). The minimum absolute atomic E-state index is 0.127. The molecule has 0 saturated carbocycles. The monoisotopic (exact) mass is 285 g/mol. The van der Waals surface area contributed by atoms with Crippen LogP contribution in [0.25, 0.3) is 0 Å². The van der Waals surface area contributed by atoms with E-state index in [1.165, 1.54) is 4.57 Å². The predicted octanol–water partition coefficient (Wildman–Crippen LogP) is 1.79. The summed E-state index contributed by atoms with van der Waals surface area (Å²) in [6.07, 6.45) is 1.46. The summed E-state index contributed by atoms with van der Waals surface area (Å²) in [5.41, 5.74) is 1.04. The maximum absolute atomic E-state index is 12.5. The molecule has 5 nitrogen and oxygen atoms in total. The van der Waals surface area contributed by atoms with Gasteiger partial charge in [-0.3, -0.25) is 4.79 Å². The number of hydrogen-bond acceptors (Lipinski definition) is 3. The number of rotatable bonds is 3. The largest absolute Gasteiger partial charge is 0.506 e. The van der Waals surface area contributed by atoms with E-state index in [4.69, 9.17) is 0 Å². The average molecular weight is 285 g/mol. The maximum atomic E-state index is 12.5. The molecule has 5 heteroatoms. The van der Waals surface area contributed by atoms with Crippen molar-refractivity contribution in [1.29, 1.82) is 0 Å². The SMILES string of the molecule is O=C(O)c1c(O)c(Cc2ccccc2)c(=O)n2c1CCC2. The lowest BCUT2D eigenvalue weighted by Crippen LogP contribution is -2.26. The molecule has 2 N–H and O–H groups in total. The highest BCUT2D eigenvalue weighted by molar-refractivity contribution is 5.92. The summed E-state index contributed by atoms with van der Waals surface area (Å²) in [5, 5.41) is 19.6. The predicted molar refractivity (Wildman–Crippen MR) is 76.9 cm³/mol. The Morgan fingerprint density at radius 3 is 2.62 bits per heavy atom. The zero-order valence-corrected chi connectivity index (χ0v) is 11.4. The molecule has 2 heterocycles. The fraction of sp³-hybridized carbons (Fsp3) is 0.250. The van der Waals surface area contributed by atoms with Gasteiger partial charge in [0.2, 0.25) is 0 Å². The quantitative estimate of drug-likeness (QED) is 0.901. The van der Waals surface area contributed by atoms with Crippen molar-refractivity contribution >= 4 is 5.97 Å². The first-order chi connectivity index (χ1) is 10.1. The molecular weight excluding hydrogens is 270 g/mol. The summed E-state index contributed by atoms with van der Waals surface area (Å²) in [5.74, 6) is -1.57. The van der Waals surface area contributed by atoms with Crippen molar-refractivity contribution < 1.29 is 15.0 Å². The number of benzene rings is 1. The molecule has 0 spiro atoms. The van der Waals surface area contributed by atoms with Gasteiger partial charge in [-0.1, -0.05) is 30.3 Å². The molecule has 1 aliphatic rings. The van der Waals surface area contributed by atoms with Crippen LogP contribution in [0.1, 0.15) is 33.6 Å². The molecular formula is C16H15NO4. The molecule has 1 aromatic heterocycles. The van der Waals surface area contributed by atoms with Gasteiger partial charge in [0.05, 0.1) is 5.56 Å². The summed E-state index contributed by atoms with van der Waals surface area (Å²) in [4.78, 5) is 23.9. The molecule has 0 radical (unpaired) electrons. The molecule has 0 fully saturated rings. The minimum Gasteiger partial charge on any atom is -0.506 e. The van der Waals surface area contributed by atoms with Crippen LogP contribution < -0.4 is 5.56 Å².